The van der Waals surface area contributed by atoms with Crippen molar-refractivity contribution in [2.75, 3.05) is 33.8 Å². The summed E-state index contributed by atoms with van der Waals surface area (Å²) >= 11 is 12.3. The maximum Gasteiger partial charge on any atom is 0.295 e. The van der Waals surface area contributed by atoms with Crippen LogP contribution in [0.4, 0.5) is 0 Å². The smallest absolute Gasteiger partial charge is 0.295 e. The van der Waals surface area contributed by atoms with E-state index < -0.39 is 17.7 Å². The maximum atomic E-state index is 13.1. The average molecular weight is 505 g/mol. The van der Waals surface area contributed by atoms with E-state index in [0.29, 0.717) is 52.4 Å². The van der Waals surface area contributed by atoms with Crippen LogP contribution in [0, 0.1) is 5.92 Å². The van der Waals surface area contributed by atoms with Crippen molar-refractivity contribution in [2.24, 2.45) is 5.92 Å². The second kappa shape index (κ2) is 11.3. The van der Waals surface area contributed by atoms with Gasteiger partial charge < -0.3 is 19.6 Å². The van der Waals surface area contributed by atoms with E-state index in [1.165, 1.54) is 4.90 Å². The normalized spacial score (nSPS) is 17.8. The highest BCUT2D eigenvalue weighted by atomic mass is 35.5. The zero-order valence-corrected chi connectivity index (χ0v) is 21.4. The van der Waals surface area contributed by atoms with Crippen molar-refractivity contribution in [1.82, 2.24) is 9.80 Å². The van der Waals surface area contributed by atoms with E-state index >= 15 is 0 Å². The largest absolute Gasteiger partial charge is 0.507 e. The Balaban J connectivity index is 2.02. The molecular formula is C26H30Cl2N2O4. The lowest BCUT2D eigenvalue weighted by molar-refractivity contribution is -0.139. The molecular weight excluding hydrogens is 475 g/mol. The molecule has 1 aliphatic rings. The van der Waals surface area contributed by atoms with E-state index in [1.807, 2.05) is 19.0 Å². The minimum Gasteiger partial charge on any atom is -0.507 e. The first-order valence-electron chi connectivity index (χ1n) is 11.2. The topological polar surface area (TPSA) is 70.1 Å². The molecule has 2 aromatic rings. The molecule has 0 bridgehead atoms. The number of carbonyl (C=O) groups is 2. The van der Waals surface area contributed by atoms with Crippen LogP contribution in [0.3, 0.4) is 0 Å². The van der Waals surface area contributed by atoms with Crippen molar-refractivity contribution in [3.63, 3.8) is 0 Å². The summed E-state index contributed by atoms with van der Waals surface area (Å²) < 4.78 is 5.70. The fourth-order valence-electron chi connectivity index (χ4n) is 3.82. The molecule has 0 aromatic heterocycles. The summed E-state index contributed by atoms with van der Waals surface area (Å²) in [7, 11) is 3.89. The number of aliphatic hydroxyl groups excluding tert-OH is 1. The van der Waals surface area contributed by atoms with Gasteiger partial charge in [0.2, 0.25) is 0 Å². The van der Waals surface area contributed by atoms with Gasteiger partial charge in [0.05, 0.1) is 28.3 Å². The van der Waals surface area contributed by atoms with Crippen LogP contribution < -0.4 is 4.74 Å². The van der Waals surface area contributed by atoms with Gasteiger partial charge in [0.15, 0.2) is 0 Å². The highest BCUT2D eigenvalue weighted by Crippen LogP contribution is 2.41. The molecule has 0 aliphatic carbocycles. The van der Waals surface area contributed by atoms with Crippen molar-refractivity contribution in [3.8, 4) is 5.75 Å². The van der Waals surface area contributed by atoms with Crippen LogP contribution in [-0.4, -0.2) is 60.4 Å². The van der Waals surface area contributed by atoms with E-state index in [1.54, 1.807) is 42.5 Å². The van der Waals surface area contributed by atoms with Crippen molar-refractivity contribution in [2.45, 2.75) is 26.3 Å². The number of hydrogen-bond donors (Lipinski definition) is 1. The number of likely N-dealkylation sites (tertiary alicyclic amines) is 1. The summed E-state index contributed by atoms with van der Waals surface area (Å²) in [5.41, 5.74) is 1.06. The molecule has 34 heavy (non-hydrogen) atoms. The lowest BCUT2D eigenvalue weighted by Crippen LogP contribution is -2.32. The van der Waals surface area contributed by atoms with E-state index in [4.69, 9.17) is 27.9 Å². The molecule has 8 heteroatoms. The number of amides is 1. The number of rotatable bonds is 9. The molecule has 1 aliphatic heterocycles. The minimum absolute atomic E-state index is 0.0316. The molecule has 182 valence electrons. The van der Waals surface area contributed by atoms with Gasteiger partial charge in [-0.25, -0.2) is 0 Å². The van der Waals surface area contributed by atoms with Crippen molar-refractivity contribution < 1.29 is 19.4 Å². The molecule has 1 atom stereocenters. The number of ketones is 1. The van der Waals surface area contributed by atoms with Crippen LogP contribution in [0.1, 0.15) is 37.4 Å². The SMILES string of the molecule is CC(C)COc1ccc(C(O)=C2C(=O)C(=O)N(CCCN(C)C)[C@H]2c2ccc(Cl)c(Cl)c2)cc1. The quantitative estimate of drug-likeness (QED) is 0.281. The summed E-state index contributed by atoms with van der Waals surface area (Å²) in [6.07, 6.45) is 0.666. The van der Waals surface area contributed by atoms with E-state index in [9.17, 15) is 14.7 Å². The molecule has 0 unspecified atom stereocenters. The second-order valence-corrected chi connectivity index (χ2v) is 9.87. The van der Waals surface area contributed by atoms with Gasteiger partial charge in [-0.1, -0.05) is 43.1 Å². The number of benzene rings is 2. The Bertz CT molecular complexity index is 1080. The van der Waals surface area contributed by atoms with Gasteiger partial charge in [-0.05, 0) is 74.9 Å². The Kier molecular flexibility index (Phi) is 8.63. The van der Waals surface area contributed by atoms with Gasteiger partial charge in [0.1, 0.15) is 11.5 Å². The van der Waals surface area contributed by atoms with Crippen LogP contribution in [-0.2, 0) is 9.59 Å². The lowest BCUT2D eigenvalue weighted by atomic mass is 9.95. The predicted octanol–water partition coefficient (Wildman–Crippen LogP) is 5.40. The molecule has 1 N–H and O–H groups in total. The Morgan fingerprint density at radius 1 is 1.09 bits per heavy atom. The average Bonchev–Trinajstić information content (AvgIpc) is 3.04. The third-order valence-electron chi connectivity index (χ3n) is 5.51. The van der Waals surface area contributed by atoms with Crippen LogP contribution >= 0.6 is 23.2 Å². The van der Waals surface area contributed by atoms with Gasteiger partial charge in [-0.15, -0.1) is 0 Å². The molecule has 3 rings (SSSR count). The molecule has 1 saturated heterocycles. The summed E-state index contributed by atoms with van der Waals surface area (Å²) in [4.78, 5) is 29.6. The maximum absolute atomic E-state index is 13.1. The predicted molar refractivity (Wildman–Crippen MR) is 135 cm³/mol. The number of hydrogen-bond acceptors (Lipinski definition) is 5. The fraction of sp³-hybridized carbons (Fsp3) is 0.385. The minimum atomic E-state index is -0.770. The molecule has 1 fully saturated rings. The third kappa shape index (κ3) is 5.93. The number of halogens is 2. The zero-order valence-electron chi connectivity index (χ0n) is 19.8. The Morgan fingerprint density at radius 3 is 2.35 bits per heavy atom. The monoisotopic (exact) mass is 504 g/mol. The number of ether oxygens (including phenoxy) is 1. The van der Waals surface area contributed by atoms with Crippen LogP contribution in [0.15, 0.2) is 48.0 Å². The molecule has 1 amide bonds. The molecule has 2 aromatic carbocycles. The van der Waals surface area contributed by atoms with E-state index in [2.05, 4.69) is 13.8 Å². The summed E-state index contributed by atoms with van der Waals surface area (Å²) in [6.45, 7) is 5.78. The van der Waals surface area contributed by atoms with Crippen molar-refractivity contribution in [3.05, 3.63) is 69.2 Å². The standard InChI is InChI=1S/C26H30Cl2N2O4/c1-16(2)15-34-19-9-6-17(7-10-19)24(31)22-23(18-8-11-20(27)21(28)14-18)30(26(33)25(22)32)13-5-12-29(3)4/h6-11,14,16,23,31H,5,12-13,15H2,1-4H3/t23-/m0/s1. The summed E-state index contributed by atoms with van der Waals surface area (Å²) in [5.74, 6) is -0.565. The van der Waals surface area contributed by atoms with Gasteiger partial charge >= 0.3 is 0 Å². The highest BCUT2D eigenvalue weighted by molar-refractivity contribution is 6.46. The summed E-state index contributed by atoms with van der Waals surface area (Å²) in [6, 6.07) is 11.0. The molecule has 0 spiro atoms. The molecule has 6 nitrogen and oxygen atoms in total. The fourth-order valence-corrected chi connectivity index (χ4v) is 4.13. The Hall–Kier alpha value is -2.54. The first kappa shape index (κ1) is 26.1. The van der Waals surface area contributed by atoms with Crippen molar-refractivity contribution >= 4 is 40.7 Å². The lowest BCUT2D eigenvalue weighted by Gasteiger charge is -2.26. The number of Topliss-reactive ketones (excluding diaryl/α,β-unsaturated/α-hetero) is 1. The first-order chi connectivity index (χ1) is 16.1. The van der Waals surface area contributed by atoms with Gasteiger partial charge in [-0.3, -0.25) is 9.59 Å². The number of aliphatic hydroxyl groups is 1. The number of nitrogens with zero attached hydrogens (tertiary/aromatic N) is 2. The van der Waals surface area contributed by atoms with E-state index in [0.717, 1.165) is 6.54 Å². The molecule has 0 radical (unpaired) electrons. The number of carbonyl (C=O) groups excluding carboxylic acids is 2. The Morgan fingerprint density at radius 2 is 1.76 bits per heavy atom. The van der Waals surface area contributed by atoms with Crippen LogP contribution in [0.2, 0.25) is 10.0 Å². The second-order valence-electron chi connectivity index (χ2n) is 9.05. The van der Waals surface area contributed by atoms with Gasteiger partial charge in [0.25, 0.3) is 11.7 Å². The van der Waals surface area contributed by atoms with Gasteiger partial charge in [-0.2, -0.15) is 0 Å². The van der Waals surface area contributed by atoms with Crippen LogP contribution in [0.25, 0.3) is 5.76 Å². The van der Waals surface area contributed by atoms with E-state index in [-0.39, 0.29) is 11.3 Å². The van der Waals surface area contributed by atoms with Crippen molar-refractivity contribution in [1.29, 1.82) is 0 Å². The Labute approximate surface area is 210 Å². The summed E-state index contributed by atoms with van der Waals surface area (Å²) in [5, 5.41) is 11.9. The molecule has 1 heterocycles. The van der Waals surface area contributed by atoms with Gasteiger partial charge in [0, 0.05) is 12.1 Å². The first-order valence-corrected chi connectivity index (χ1v) is 12.0. The molecule has 0 saturated carbocycles. The van der Waals surface area contributed by atoms with Crippen LogP contribution in [0.5, 0.6) is 5.75 Å². The third-order valence-corrected chi connectivity index (χ3v) is 6.25. The zero-order chi connectivity index (χ0) is 25.0. The highest BCUT2D eigenvalue weighted by Gasteiger charge is 2.45.